The Balaban J connectivity index is 2.05. The van der Waals surface area contributed by atoms with E-state index in [1.54, 1.807) is 0 Å². The minimum Gasteiger partial charge on any atom is -0.392 e. The summed E-state index contributed by atoms with van der Waals surface area (Å²) in [5.41, 5.74) is 0.851. The highest BCUT2D eigenvalue weighted by atomic mass is 16.3. The fourth-order valence-electron chi connectivity index (χ4n) is 2.05. The summed E-state index contributed by atoms with van der Waals surface area (Å²) >= 11 is 0. The van der Waals surface area contributed by atoms with Crippen molar-refractivity contribution in [1.29, 1.82) is 0 Å². The van der Waals surface area contributed by atoms with Gasteiger partial charge in [-0.2, -0.15) is 5.10 Å². The van der Waals surface area contributed by atoms with Gasteiger partial charge in [-0.25, -0.2) is 9.89 Å². The van der Waals surface area contributed by atoms with E-state index in [0.29, 0.717) is 31.9 Å². The van der Waals surface area contributed by atoms with Crippen molar-refractivity contribution < 1.29 is 5.11 Å². The Morgan fingerprint density at radius 2 is 2.05 bits per heavy atom. The zero-order valence-corrected chi connectivity index (χ0v) is 11.5. The van der Waals surface area contributed by atoms with Crippen LogP contribution in [0.25, 0.3) is 0 Å². The van der Waals surface area contributed by atoms with E-state index in [0.717, 1.165) is 5.56 Å². The number of aromatic amines is 2. The van der Waals surface area contributed by atoms with Gasteiger partial charge < -0.3 is 5.11 Å². The zero-order valence-electron chi connectivity index (χ0n) is 11.5. The molecule has 6 nitrogen and oxygen atoms in total. The maximum atomic E-state index is 11.1. The first kappa shape index (κ1) is 14.5. The lowest BCUT2D eigenvalue weighted by atomic mass is 10.2. The third kappa shape index (κ3) is 4.32. The highest BCUT2D eigenvalue weighted by Gasteiger charge is 2.13. The first-order valence-electron chi connectivity index (χ1n) is 6.75. The highest BCUT2D eigenvalue weighted by Crippen LogP contribution is 2.08. The molecule has 6 heteroatoms. The van der Waals surface area contributed by atoms with Crippen LogP contribution in [-0.2, 0) is 13.1 Å². The van der Waals surface area contributed by atoms with Gasteiger partial charge in [-0.15, -0.1) is 0 Å². The van der Waals surface area contributed by atoms with Gasteiger partial charge in [0.15, 0.2) is 0 Å². The maximum Gasteiger partial charge on any atom is 0.340 e. The van der Waals surface area contributed by atoms with Crippen molar-refractivity contribution in [2.45, 2.75) is 32.5 Å². The normalized spacial score (nSPS) is 12.8. The number of hydrogen-bond acceptors (Lipinski definition) is 4. The summed E-state index contributed by atoms with van der Waals surface area (Å²) in [5, 5.41) is 16.1. The SMILES string of the molecule is CCC(O)CN(Cc1ccccc1)Cc1n[nH]c(=O)[nH]1. The Labute approximate surface area is 117 Å². The van der Waals surface area contributed by atoms with Gasteiger partial charge in [0.1, 0.15) is 5.82 Å². The Morgan fingerprint density at radius 1 is 1.30 bits per heavy atom. The molecule has 0 spiro atoms. The molecule has 1 aromatic heterocycles. The van der Waals surface area contributed by atoms with Crippen molar-refractivity contribution in [2.75, 3.05) is 6.54 Å². The Morgan fingerprint density at radius 3 is 2.65 bits per heavy atom. The molecule has 0 amide bonds. The number of nitrogens with one attached hydrogen (secondary N) is 2. The maximum absolute atomic E-state index is 11.1. The van der Waals surface area contributed by atoms with Gasteiger partial charge in [-0.1, -0.05) is 37.3 Å². The first-order valence-corrected chi connectivity index (χ1v) is 6.75. The first-order chi connectivity index (χ1) is 9.67. The fraction of sp³-hybridized carbons (Fsp3) is 0.429. The highest BCUT2D eigenvalue weighted by molar-refractivity contribution is 5.14. The van der Waals surface area contributed by atoms with Crippen LogP contribution in [0.5, 0.6) is 0 Å². The summed E-state index contributed by atoms with van der Waals surface area (Å²) in [6.45, 7) is 3.68. The van der Waals surface area contributed by atoms with E-state index in [2.05, 4.69) is 20.1 Å². The molecular weight excluding hydrogens is 256 g/mol. The summed E-state index contributed by atoms with van der Waals surface area (Å²) in [6.07, 6.45) is 0.312. The fourth-order valence-corrected chi connectivity index (χ4v) is 2.05. The van der Waals surface area contributed by atoms with E-state index >= 15 is 0 Å². The van der Waals surface area contributed by atoms with Crippen LogP contribution in [0, 0.1) is 0 Å². The standard InChI is InChI=1S/C14H20N4O2/c1-2-12(19)9-18(8-11-6-4-3-5-7-11)10-13-15-14(20)17-16-13/h3-7,12,19H,2,8-10H2,1H3,(H2,15,16,17,20). The molecule has 0 aliphatic carbocycles. The van der Waals surface area contributed by atoms with Gasteiger partial charge in [-0.05, 0) is 12.0 Å². The summed E-state index contributed by atoms with van der Waals surface area (Å²) in [7, 11) is 0. The van der Waals surface area contributed by atoms with Gasteiger partial charge in [0.05, 0.1) is 12.6 Å². The molecule has 2 aromatic rings. The molecule has 108 valence electrons. The van der Waals surface area contributed by atoms with Crippen molar-refractivity contribution in [3.8, 4) is 0 Å². The average molecular weight is 276 g/mol. The zero-order chi connectivity index (χ0) is 14.4. The molecule has 3 N–H and O–H groups in total. The summed E-state index contributed by atoms with van der Waals surface area (Å²) < 4.78 is 0. The average Bonchev–Trinajstić information content (AvgIpc) is 2.85. The molecule has 0 aliphatic heterocycles. The van der Waals surface area contributed by atoms with E-state index in [1.165, 1.54) is 0 Å². The van der Waals surface area contributed by atoms with Crippen LogP contribution in [-0.4, -0.2) is 37.8 Å². The van der Waals surface area contributed by atoms with Crippen LogP contribution in [0.4, 0.5) is 0 Å². The molecule has 1 unspecified atom stereocenters. The van der Waals surface area contributed by atoms with E-state index in [-0.39, 0.29) is 11.8 Å². The van der Waals surface area contributed by atoms with Crippen LogP contribution in [0.1, 0.15) is 24.7 Å². The second-order valence-corrected chi connectivity index (χ2v) is 4.84. The van der Waals surface area contributed by atoms with Crippen molar-refractivity contribution >= 4 is 0 Å². The van der Waals surface area contributed by atoms with Gasteiger partial charge >= 0.3 is 5.69 Å². The molecule has 1 atom stereocenters. The number of benzene rings is 1. The van der Waals surface area contributed by atoms with Crippen LogP contribution >= 0.6 is 0 Å². The minimum absolute atomic E-state index is 0.310. The van der Waals surface area contributed by atoms with Gasteiger partial charge in [0.2, 0.25) is 0 Å². The largest absolute Gasteiger partial charge is 0.392 e. The molecule has 1 aromatic carbocycles. The molecule has 0 bridgehead atoms. The second kappa shape index (κ2) is 7.02. The third-order valence-corrected chi connectivity index (χ3v) is 3.11. The molecule has 0 saturated heterocycles. The molecule has 2 rings (SSSR count). The lowest BCUT2D eigenvalue weighted by molar-refractivity contribution is 0.1000. The summed E-state index contributed by atoms with van der Waals surface area (Å²) in [4.78, 5) is 15.8. The molecule has 20 heavy (non-hydrogen) atoms. The predicted octanol–water partition coefficient (Wildman–Crippen LogP) is 0.871. The van der Waals surface area contributed by atoms with E-state index in [1.807, 2.05) is 37.3 Å². The van der Waals surface area contributed by atoms with Gasteiger partial charge in [0, 0.05) is 13.1 Å². The Hall–Kier alpha value is -1.92. The molecule has 0 fully saturated rings. The molecule has 0 saturated carbocycles. The van der Waals surface area contributed by atoms with Gasteiger partial charge in [-0.3, -0.25) is 9.88 Å². The summed E-state index contributed by atoms with van der Waals surface area (Å²) in [5.74, 6) is 0.578. The predicted molar refractivity (Wildman–Crippen MR) is 76.1 cm³/mol. The quantitative estimate of drug-likeness (QED) is 0.700. The van der Waals surface area contributed by atoms with E-state index < -0.39 is 0 Å². The Kier molecular flexibility index (Phi) is 5.09. The van der Waals surface area contributed by atoms with Crippen molar-refractivity contribution in [2.24, 2.45) is 0 Å². The van der Waals surface area contributed by atoms with Crippen molar-refractivity contribution in [3.63, 3.8) is 0 Å². The minimum atomic E-state index is -0.385. The number of rotatable bonds is 7. The van der Waals surface area contributed by atoms with Crippen molar-refractivity contribution in [3.05, 3.63) is 52.2 Å². The van der Waals surface area contributed by atoms with E-state index in [9.17, 15) is 9.90 Å². The second-order valence-electron chi connectivity index (χ2n) is 4.84. The third-order valence-electron chi connectivity index (χ3n) is 3.11. The number of aliphatic hydroxyl groups is 1. The smallest absolute Gasteiger partial charge is 0.340 e. The number of nitrogens with zero attached hydrogens (tertiary/aromatic N) is 2. The molecular formula is C14H20N4O2. The van der Waals surface area contributed by atoms with E-state index in [4.69, 9.17) is 0 Å². The van der Waals surface area contributed by atoms with Crippen LogP contribution < -0.4 is 5.69 Å². The Bertz CT molecular complexity index is 564. The van der Waals surface area contributed by atoms with Crippen LogP contribution in [0.2, 0.25) is 0 Å². The van der Waals surface area contributed by atoms with Gasteiger partial charge in [0.25, 0.3) is 0 Å². The number of H-pyrrole nitrogens is 2. The monoisotopic (exact) mass is 276 g/mol. The molecule has 0 radical (unpaired) electrons. The number of hydrogen-bond donors (Lipinski definition) is 3. The molecule has 0 aliphatic rings. The topological polar surface area (TPSA) is 85.0 Å². The summed E-state index contributed by atoms with van der Waals surface area (Å²) in [6, 6.07) is 10.0. The molecule has 1 heterocycles. The number of aliphatic hydroxyl groups excluding tert-OH is 1. The lowest BCUT2D eigenvalue weighted by Gasteiger charge is -2.23. The lowest BCUT2D eigenvalue weighted by Crippen LogP contribution is -2.31. The van der Waals surface area contributed by atoms with Crippen LogP contribution in [0.15, 0.2) is 35.1 Å². The number of aromatic nitrogens is 3. The van der Waals surface area contributed by atoms with Crippen molar-refractivity contribution in [1.82, 2.24) is 20.1 Å². The van der Waals surface area contributed by atoms with Crippen LogP contribution in [0.3, 0.4) is 0 Å².